The molecule has 27 heavy (non-hydrogen) atoms. The van der Waals surface area contributed by atoms with Gasteiger partial charge in [-0.1, -0.05) is 42.8 Å². The summed E-state index contributed by atoms with van der Waals surface area (Å²) >= 11 is 0. The van der Waals surface area contributed by atoms with Crippen LogP contribution in [0.25, 0.3) is 32.6 Å². The third-order valence-electron chi connectivity index (χ3n) is 5.88. The van der Waals surface area contributed by atoms with E-state index in [4.69, 9.17) is 4.74 Å². The molecule has 1 aromatic heterocycles. The largest absolute Gasteiger partial charge is 0.459 e. The minimum atomic E-state index is -0.207. The zero-order valence-corrected chi connectivity index (χ0v) is 15.5. The highest BCUT2D eigenvalue weighted by Gasteiger charge is 2.23. The lowest BCUT2D eigenvalue weighted by molar-refractivity contribution is 0.0213. The highest BCUT2D eigenvalue weighted by Crippen LogP contribution is 2.36. The number of benzene rings is 3. The zero-order chi connectivity index (χ0) is 18.4. The summed E-state index contributed by atoms with van der Waals surface area (Å²) in [4.78, 5) is 16.6. The predicted molar refractivity (Wildman–Crippen MR) is 110 cm³/mol. The quantitative estimate of drug-likeness (QED) is 0.429. The minimum absolute atomic E-state index is 0.0545. The summed E-state index contributed by atoms with van der Waals surface area (Å²) in [6.45, 7) is 2.13. The number of H-pyrrole nitrogens is 1. The summed E-state index contributed by atoms with van der Waals surface area (Å²) in [5.74, 6) is -0.207. The Morgan fingerprint density at radius 3 is 2.67 bits per heavy atom. The van der Waals surface area contributed by atoms with Gasteiger partial charge in [0.15, 0.2) is 0 Å². The van der Waals surface area contributed by atoms with Crippen LogP contribution in [0, 0.1) is 6.92 Å². The number of aromatic amines is 1. The summed E-state index contributed by atoms with van der Waals surface area (Å²) < 4.78 is 5.90. The van der Waals surface area contributed by atoms with Gasteiger partial charge in [0.05, 0.1) is 11.1 Å². The fourth-order valence-electron chi connectivity index (χ4n) is 4.54. The van der Waals surface area contributed by atoms with E-state index in [0.717, 1.165) is 52.9 Å². The molecule has 1 saturated carbocycles. The van der Waals surface area contributed by atoms with Gasteiger partial charge in [-0.15, -0.1) is 0 Å². The van der Waals surface area contributed by atoms with Crippen LogP contribution in [0.3, 0.4) is 0 Å². The normalized spacial score (nSPS) is 15.6. The minimum Gasteiger partial charge on any atom is -0.459 e. The Morgan fingerprint density at radius 1 is 1.00 bits per heavy atom. The van der Waals surface area contributed by atoms with Crippen LogP contribution in [0.15, 0.2) is 48.5 Å². The molecule has 0 saturated heterocycles. The van der Waals surface area contributed by atoms with Crippen molar-refractivity contribution in [2.75, 3.05) is 0 Å². The van der Waals surface area contributed by atoms with Gasteiger partial charge in [0, 0.05) is 16.3 Å². The lowest BCUT2D eigenvalue weighted by atomic mass is 9.96. The van der Waals surface area contributed by atoms with E-state index < -0.39 is 0 Å². The van der Waals surface area contributed by atoms with Crippen molar-refractivity contribution in [3.05, 3.63) is 59.7 Å². The highest BCUT2D eigenvalue weighted by molar-refractivity contribution is 6.25. The Labute approximate surface area is 158 Å². The van der Waals surface area contributed by atoms with Gasteiger partial charge >= 0.3 is 5.97 Å². The number of nitrogens with one attached hydrogen (secondary N) is 1. The number of carbonyl (C=O) groups excluding carboxylic acids is 1. The maximum Gasteiger partial charge on any atom is 0.340 e. The van der Waals surface area contributed by atoms with Crippen LogP contribution in [0.2, 0.25) is 0 Å². The number of rotatable bonds is 2. The van der Waals surface area contributed by atoms with E-state index >= 15 is 0 Å². The van der Waals surface area contributed by atoms with Crippen molar-refractivity contribution < 1.29 is 9.53 Å². The van der Waals surface area contributed by atoms with Crippen molar-refractivity contribution in [3.63, 3.8) is 0 Å². The average Bonchev–Trinajstić information content (AvgIpc) is 3.07. The predicted octanol–water partition coefficient (Wildman–Crippen LogP) is 6.27. The van der Waals surface area contributed by atoms with Gasteiger partial charge in [0.1, 0.15) is 6.10 Å². The lowest BCUT2D eigenvalue weighted by Gasteiger charge is -2.22. The number of carbonyl (C=O) groups is 1. The first-order valence-electron chi connectivity index (χ1n) is 9.86. The maximum absolute atomic E-state index is 13.1. The van der Waals surface area contributed by atoms with Gasteiger partial charge in [-0.2, -0.15) is 0 Å². The molecule has 136 valence electrons. The SMILES string of the molecule is Cc1cccc2cc(C(=O)OC3CCCCC3)c3[nH]c4ccccc4c3c12. The summed E-state index contributed by atoms with van der Waals surface area (Å²) in [5, 5.41) is 4.57. The number of aryl methyl sites for hydroxylation is 1. The van der Waals surface area contributed by atoms with Crippen molar-refractivity contribution in [3.8, 4) is 0 Å². The van der Waals surface area contributed by atoms with Crippen molar-refractivity contribution in [2.45, 2.75) is 45.1 Å². The molecule has 3 aromatic carbocycles. The van der Waals surface area contributed by atoms with Gasteiger partial charge in [0.25, 0.3) is 0 Å². The van der Waals surface area contributed by atoms with E-state index in [1.54, 1.807) is 0 Å². The molecular weight excluding hydrogens is 334 g/mol. The Hall–Kier alpha value is -2.81. The van der Waals surface area contributed by atoms with E-state index in [-0.39, 0.29) is 12.1 Å². The molecule has 0 unspecified atom stereocenters. The van der Waals surface area contributed by atoms with Crippen molar-refractivity contribution >= 4 is 38.5 Å². The average molecular weight is 357 g/mol. The number of fused-ring (bicyclic) bond motifs is 5. The number of esters is 1. The molecule has 1 aliphatic rings. The second-order valence-electron chi connectivity index (χ2n) is 7.68. The molecule has 3 nitrogen and oxygen atoms in total. The molecule has 0 amide bonds. The molecule has 0 bridgehead atoms. The van der Waals surface area contributed by atoms with Crippen molar-refractivity contribution in [1.29, 1.82) is 0 Å². The first kappa shape index (κ1) is 16.4. The van der Waals surface area contributed by atoms with Crippen molar-refractivity contribution in [2.24, 2.45) is 0 Å². The van der Waals surface area contributed by atoms with E-state index in [1.807, 2.05) is 18.2 Å². The molecule has 5 rings (SSSR count). The number of hydrogen-bond acceptors (Lipinski definition) is 2. The van der Waals surface area contributed by atoms with Crippen LogP contribution in [-0.2, 0) is 4.74 Å². The van der Waals surface area contributed by atoms with Gasteiger partial charge in [0.2, 0.25) is 0 Å². The Morgan fingerprint density at radius 2 is 1.81 bits per heavy atom. The van der Waals surface area contributed by atoms with E-state index in [1.165, 1.54) is 17.4 Å². The van der Waals surface area contributed by atoms with E-state index in [2.05, 4.69) is 42.2 Å². The number of ether oxygens (including phenoxy) is 1. The molecule has 1 fully saturated rings. The molecule has 3 heteroatoms. The van der Waals surface area contributed by atoms with Crippen LogP contribution < -0.4 is 0 Å². The fraction of sp³-hybridized carbons (Fsp3) is 0.292. The monoisotopic (exact) mass is 357 g/mol. The van der Waals surface area contributed by atoms with Crippen LogP contribution in [-0.4, -0.2) is 17.1 Å². The van der Waals surface area contributed by atoms with E-state index in [9.17, 15) is 4.79 Å². The van der Waals surface area contributed by atoms with Crippen LogP contribution in [0.4, 0.5) is 0 Å². The van der Waals surface area contributed by atoms with Crippen LogP contribution in [0.5, 0.6) is 0 Å². The third-order valence-corrected chi connectivity index (χ3v) is 5.88. The van der Waals surface area contributed by atoms with Crippen LogP contribution >= 0.6 is 0 Å². The van der Waals surface area contributed by atoms with Gasteiger partial charge < -0.3 is 9.72 Å². The van der Waals surface area contributed by atoms with Gasteiger partial charge in [-0.3, -0.25) is 0 Å². The number of para-hydroxylation sites is 1. The summed E-state index contributed by atoms with van der Waals surface area (Å²) in [7, 11) is 0. The second-order valence-corrected chi connectivity index (χ2v) is 7.68. The smallest absolute Gasteiger partial charge is 0.340 e. The Kier molecular flexibility index (Phi) is 3.89. The summed E-state index contributed by atoms with van der Waals surface area (Å²) in [6, 6.07) is 16.5. The Balaban J connectivity index is 1.75. The molecule has 1 N–H and O–H groups in total. The molecule has 0 spiro atoms. The fourth-order valence-corrected chi connectivity index (χ4v) is 4.54. The highest BCUT2D eigenvalue weighted by atomic mass is 16.5. The van der Waals surface area contributed by atoms with E-state index in [0.29, 0.717) is 5.56 Å². The molecule has 4 aromatic rings. The first-order chi connectivity index (χ1) is 13.2. The molecule has 1 aliphatic carbocycles. The van der Waals surface area contributed by atoms with Gasteiger partial charge in [-0.05, 0) is 61.1 Å². The molecule has 0 aliphatic heterocycles. The third kappa shape index (κ3) is 2.69. The Bertz CT molecular complexity index is 1170. The molecule has 0 atom stereocenters. The topological polar surface area (TPSA) is 42.1 Å². The van der Waals surface area contributed by atoms with Crippen LogP contribution in [0.1, 0.15) is 48.0 Å². The van der Waals surface area contributed by atoms with Gasteiger partial charge in [-0.25, -0.2) is 4.79 Å². The summed E-state index contributed by atoms with van der Waals surface area (Å²) in [5.41, 5.74) is 3.80. The molecular formula is C24H23NO2. The maximum atomic E-state index is 13.1. The number of aromatic nitrogens is 1. The standard InChI is InChI=1S/C24H23NO2/c1-15-8-7-9-16-14-19(24(26)27-17-10-3-2-4-11-17)23-22(21(15)16)18-12-5-6-13-20(18)25-23/h5-9,12-14,17,25H,2-4,10-11H2,1H3. The number of hydrogen-bond donors (Lipinski definition) is 1. The second kappa shape index (κ2) is 6.41. The zero-order valence-electron chi connectivity index (χ0n) is 15.5. The first-order valence-corrected chi connectivity index (χ1v) is 9.86. The van der Waals surface area contributed by atoms with Crippen molar-refractivity contribution in [1.82, 2.24) is 4.98 Å². The molecule has 0 radical (unpaired) electrons. The summed E-state index contributed by atoms with van der Waals surface area (Å²) in [6.07, 6.45) is 5.56. The molecule has 1 heterocycles. The lowest BCUT2D eigenvalue weighted by Crippen LogP contribution is -2.21.